The summed E-state index contributed by atoms with van der Waals surface area (Å²) in [6.45, 7) is 4.73. The fourth-order valence-corrected chi connectivity index (χ4v) is 8.31. The predicted octanol–water partition coefficient (Wildman–Crippen LogP) is 13.8. The van der Waals surface area contributed by atoms with E-state index in [4.69, 9.17) is 4.42 Å². The maximum absolute atomic E-state index is 6.47. The average molecular weight is 654 g/mol. The number of nitrogens with zero attached hydrogens (tertiary/aromatic N) is 1. The Morgan fingerprint density at radius 1 is 0.412 bits per heavy atom. The second-order valence-corrected chi connectivity index (χ2v) is 14.1. The van der Waals surface area contributed by atoms with Gasteiger partial charge in [-0.25, -0.2) is 0 Å². The van der Waals surface area contributed by atoms with Crippen molar-refractivity contribution >= 4 is 49.8 Å². The molecule has 1 aromatic heterocycles. The van der Waals surface area contributed by atoms with Gasteiger partial charge in [0.1, 0.15) is 11.2 Å². The molecule has 0 aliphatic heterocycles. The van der Waals surface area contributed by atoms with E-state index in [0.29, 0.717) is 0 Å². The number of furan rings is 1. The molecule has 1 aliphatic rings. The van der Waals surface area contributed by atoms with E-state index in [1.165, 1.54) is 49.7 Å². The van der Waals surface area contributed by atoms with E-state index >= 15 is 0 Å². The first-order chi connectivity index (χ1) is 25.0. The molecule has 0 atom stereocenters. The highest BCUT2D eigenvalue weighted by atomic mass is 16.3. The number of anilines is 3. The van der Waals surface area contributed by atoms with Crippen LogP contribution in [0.2, 0.25) is 0 Å². The highest BCUT2D eigenvalue weighted by Crippen LogP contribution is 2.52. The van der Waals surface area contributed by atoms with Gasteiger partial charge < -0.3 is 9.32 Å². The van der Waals surface area contributed by atoms with Gasteiger partial charge >= 0.3 is 0 Å². The van der Waals surface area contributed by atoms with Crippen molar-refractivity contribution in [1.29, 1.82) is 0 Å². The van der Waals surface area contributed by atoms with E-state index in [9.17, 15) is 0 Å². The van der Waals surface area contributed by atoms with Gasteiger partial charge in [0.25, 0.3) is 0 Å². The average Bonchev–Trinajstić information content (AvgIpc) is 3.65. The van der Waals surface area contributed by atoms with Crippen LogP contribution in [0.25, 0.3) is 66.1 Å². The molecule has 0 radical (unpaired) electrons. The topological polar surface area (TPSA) is 16.4 Å². The van der Waals surface area contributed by atoms with Crippen LogP contribution in [0.5, 0.6) is 0 Å². The maximum atomic E-state index is 6.47. The molecule has 0 saturated heterocycles. The molecule has 0 spiro atoms. The number of hydrogen-bond donors (Lipinski definition) is 0. The van der Waals surface area contributed by atoms with Crippen molar-refractivity contribution in [3.63, 3.8) is 0 Å². The molecule has 0 N–H and O–H groups in total. The van der Waals surface area contributed by atoms with E-state index in [1.54, 1.807) is 0 Å². The molecule has 0 unspecified atom stereocenters. The van der Waals surface area contributed by atoms with Crippen molar-refractivity contribution in [2.75, 3.05) is 4.90 Å². The number of fused-ring (bicyclic) bond motifs is 7. The minimum atomic E-state index is -0.168. The number of benzene rings is 8. The fourth-order valence-electron chi connectivity index (χ4n) is 8.31. The third-order valence-electron chi connectivity index (χ3n) is 10.9. The smallest absolute Gasteiger partial charge is 0.137 e. The van der Waals surface area contributed by atoms with Gasteiger partial charge in [0.15, 0.2) is 0 Å². The Kier molecular flexibility index (Phi) is 6.56. The van der Waals surface area contributed by atoms with Crippen LogP contribution in [0.3, 0.4) is 0 Å². The molecule has 51 heavy (non-hydrogen) atoms. The molecule has 0 amide bonds. The molecule has 2 nitrogen and oxygen atoms in total. The number of para-hydroxylation sites is 2. The standard InChI is InChI=1S/C49H35NO/c1-49(2)44-29-34-17-7-6-16-33(34)28-43(44)39-26-24-35(30-45(39)49)50(36-25-27-42-41-21-11-13-23-47(41)51-48(42)31-36)46-22-12-10-20-40(46)38-19-9-8-18-37(38)32-14-4-3-5-15-32/h3-31H,1-2H3. The third kappa shape index (κ3) is 4.64. The molecule has 0 fully saturated rings. The normalized spacial score (nSPS) is 13.1. The van der Waals surface area contributed by atoms with E-state index in [1.807, 2.05) is 12.1 Å². The molecule has 1 aliphatic carbocycles. The highest BCUT2D eigenvalue weighted by Gasteiger charge is 2.36. The highest BCUT2D eigenvalue weighted by molar-refractivity contribution is 6.06. The van der Waals surface area contributed by atoms with Crippen LogP contribution in [-0.4, -0.2) is 0 Å². The molecule has 242 valence electrons. The van der Waals surface area contributed by atoms with Gasteiger partial charge in [-0.05, 0) is 98.2 Å². The molecule has 10 rings (SSSR count). The largest absolute Gasteiger partial charge is 0.456 e. The lowest BCUT2D eigenvalue weighted by Crippen LogP contribution is -2.17. The zero-order valence-corrected chi connectivity index (χ0v) is 28.6. The summed E-state index contributed by atoms with van der Waals surface area (Å²) < 4.78 is 6.47. The van der Waals surface area contributed by atoms with Crippen molar-refractivity contribution in [3.8, 4) is 33.4 Å². The summed E-state index contributed by atoms with van der Waals surface area (Å²) in [6.07, 6.45) is 0. The van der Waals surface area contributed by atoms with Crippen molar-refractivity contribution in [1.82, 2.24) is 0 Å². The second kappa shape index (κ2) is 11.3. The van der Waals surface area contributed by atoms with Gasteiger partial charge in [-0.1, -0.05) is 135 Å². The minimum absolute atomic E-state index is 0.168. The fraction of sp³-hybridized carbons (Fsp3) is 0.0612. The molecule has 1 heterocycles. The summed E-state index contributed by atoms with van der Waals surface area (Å²) in [4.78, 5) is 2.42. The van der Waals surface area contributed by atoms with E-state index < -0.39 is 0 Å². The molecule has 2 heteroatoms. The summed E-state index contributed by atoms with van der Waals surface area (Å²) in [5.74, 6) is 0. The molecule has 0 bridgehead atoms. The Balaban J connectivity index is 1.21. The third-order valence-corrected chi connectivity index (χ3v) is 10.9. The minimum Gasteiger partial charge on any atom is -0.456 e. The number of rotatable bonds is 5. The molecule has 8 aromatic carbocycles. The first kappa shape index (κ1) is 29.5. The second-order valence-electron chi connectivity index (χ2n) is 14.1. The van der Waals surface area contributed by atoms with Gasteiger partial charge in [-0.15, -0.1) is 0 Å². The van der Waals surface area contributed by atoms with Gasteiger partial charge in [0.05, 0.1) is 5.69 Å². The van der Waals surface area contributed by atoms with E-state index in [0.717, 1.165) is 44.6 Å². The first-order valence-corrected chi connectivity index (χ1v) is 17.7. The van der Waals surface area contributed by atoms with E-state index in [2.05, 4.69) is 183 Å². The maximum Gasteiger partial charge on any atom is 0.137 e. The molecular weight excluding hydrogens is 619 g/mol. The monoisotopic (exact) mass is 653 g/mol. The summed E-state index contributed by atoms with van der Waals surface area (Å²) >= 11 is 0. The summed E-state index contributed by atoms with van der Waals surface area (Å²) in [7, 11) is 0. The Labute approximate surface area is 297 Å². The zero-order chi connectivity index (χ0) is 34.1. The van der Waals surface area contributed by atoms with E-state index in [-0.39, 0.29) is 5.41 Å². The van der Waals surface area contributed by atoms with Crippen molar-refractivity contribution in [3.05, 3.63) is 187 Å². The summed E-state index contributed by atoms with van der Waals surface area (Å²) in [5.41, 5.74) is 15.0. The zero-order valence-electron chi connectivity index (χ0n) is 28.6. The molecular formula is C49H35NO. The van der Waals surface area contributed by atoms with Crippen LogP contribution in [0.15, 0.2) is 180 Å². The first-order valence-electron chi connectivity index (χ1n) is 17.7. The van der Waals surface area contributed by atoms with Gasteiger partial charge in [0.2, 0.25) is 0 Å². The quantitative estimate of drug-likeness (QED) is 0.184. The Bertz CT molecular complexity index is 2790. The summed E-state index contributed by atoms with van der Waals surface area (Å²) in [5, 5.41) is 4.81. The lowest BCUT2D eigenvalue weighted by atomic mass is 9.81. The lowest BCUT2D eigenvalue weighted by molar-refractivity contribution is 0.661. The van der Waals surface area contributed by atoms with Crippen LogP contribution >= 0.6 is 0 Å². The van der Waals surface area contributed by atoms with Crippen LogP contribution in [0.4, 0.5) is 17.1 Å². The SMILES string of the molecule is CC1(C)c2cc(N(c3ccc4c(c3)oc3ccccc34)c3ccccc3-c3ccccc3-c3ccccc3)ccc2-c2cc3ccccc3cc21. The Morgan fingerprint density at radius 2 is 1.02 bits per heavy atom. The predicted molar refractivity (Wildman–Crippen MR) is 214 cm³/mol. The Morgan fingerprint density at radius 3 is 1.86 bits per heavy atom. The van der Waals surface area contributed by atoms with Gasteiger partial charge in [0, 0.05) is 39.2 Å². The summed E-state index contributed by atoms with van der Waals surface area (Å²) in [6, 6.07) is 63.7. The van der Waals surface area contributed by atoms with Crippen LogP contribution < -0.4 is 4.90 Å². The van der Waals surface area contributed by atoms with Crippen molar-refractivity contribution < 1.29 is 4.42 Å². The molecule has 9 aromatic rings. The van der Waals surface area contributed by atoms with Crippen LogP contribution in [0.1, 0.15) is 25.0 Å². The van der Waals surface area contributed by atoms with Gasteiger partial charge in [-0.2, -0.15) is 0 Å². The van der Waals surface area contributed by atoms with Crippen molar-refractivity contribution in [2.24, 2.45) is 0 Å². The number of hydrogen-bond acceptors (Lipinski definition) is 2. The van der Waals surface area contributed by atoms with Crippen LogP contribution in [-0.2, 0) is 5.41 Å². The lowest BCUT2D eigenvalue weighted by Gasteiger charge is -2.30. The van der Waals surface area contributed by atoms with Crippen molar-refractivity contribution in [2.45, 2.75) is 19.3 Å². The van der Waals surface area contributed by atoms with Crippen LogP contribution in [0, 0.1) is 0 Å². The molecule has 0 saturated carbocycles. The van der Waals surface area contributed by atoms with Gasteiger partial charge in [-0.3, -0.25) is 0 Å². The Hall–Kier alpha value is -6.38.